The Hall–Kier alpha value is -0.570. The summed E-state index contributed by atoms with van der Waals surface area (Å²) >= 11 is 6.94. The molecule has 0 bridgehead atoms. The smallest absolute Gasteiger partial charge is 0.181 e. The Kier molecular flexibility index (Phi) is 6.69. The summed E-state index contributed by atoms with van der Waals surface area (Å²) in [6.07, 6.45) is 0.644. The Bertz CT molecular complexity index is 420. The largest absolute Gasteiger partial charge is 0.474 e. The highest BCUT2D eigenvalue weighted by Crippen LogP contribution is 2.35. The van der Waals surface area contributed by atoms with E-state index in [0.717, 1.165) is 28.5 Å². The molecule has 1 aromatic rings. The number of hydrogen-bond acceptors (Lipinski definition) is 3. The Morgan fingerprint density at radius 1 is 1.39 bits per heavy atom. The predicted octanol–water partition coefficient (Wildman–Crippen LogP) is 4.00. The zero-order chi connectivity index (χ0) is 13.5. The molecule has 5 heteroatoms. The van der Waals surface area contributed by atoms with Crippen molar-refractivity contribution < 1.29 is 4.74 Å². The molecule has 0 saturated heterocycles. The molecule has 1 N–H and O–H groups in total. The van der Waals surface area contributed by atoms with Gasteiger partial charge in [0.15, 0.2) is 6.10 Å². The minimum absolute atomic E-state index is 0.471. The zero-order valence-electron chi connectivity index (χ0n) is 10.5. The van der Waals surface area contributed by atoms with Crippen LogP contribution in [0.5, 0.6) is 5.75 Å². The lowest BCUT2D eigenvalue weighted by Gasteiger charge is -2.13. The molecule has 0 aliphatic rings. The first-order valence-electron chi connectivity index (χ1n) is 5.83. The third kappa shape index (κ3) is 4.60. The standard InChI is InChI=1S/C13H16Br2N2O/c1-3-4-17-8-10-5-11(14)13(12(15)6-10)18-9(2)7-16/h5-6,9,17H,3-4,8H2,1-2H3. The van der Waals surface area contributed by atoms with Crippen molar-refractivity contribution in [2.45, 2.75) is 32.9 Å². The van der Waals surface area contributed by atoms with Gasteiger partial charge < -0.3 is 10.1 Å². The second kappa shape index (κ2) is 7.78. The Morgan fingerprint density at radius 2 is 2.00 bits per heavy atom. The van der Waals surface area contributed by atoms with Gasteiger partial charge in [-0.3, -0.25) is 0 Å². The minimum Gasteiger partial charge on any atom is -0.474 e. The number of nitrogens with zero attached hydrogens (tertiary/aromatic N) is 1. The molecule has 3 nitrogen and oxygen atoms in total. The average Bonchev–Trinajstić information content (AvgIpc) is 2.34. The second-order valence-electron chi connectivity index (χ2n) is 3.95. The molecule has 1 atom stereocenters. The van der Waals surface area contributed by atoms with Gasteiger partial charge >= 0.3 is 0 Å². The van der Waals surface area contributed by atoms with E-state index >= 15 is 0 Å². The molecule has 0 heterocycles. The van der Waals surface area contributed by atoms with Crippen LogP contribution >= 0.6 is 31.9 Å². The van der Waals surface area contributed by atoms with Gasteiger partial charge in [-0.1, -0.05) is 6.92 Å². The molecule has 0 radical (unpaired) electrons. The Balaban J connectivity index is 2.81. The van der Waals surface area contributed by atoms with Crippen LogP contribution in [0.2, 0.25) is 0 Å². The first kappa shape index (κ1) is 15.5. The summed E-state index contributed by atoms with van der Waals surface area (Å²) in [5.41, 5.74) is 1.17. The molecule has 0 spiro atoms. The van der Waals surface area contributed by atoms with Crippen molar-refractivity contribution in [2.75, 3.05) is 6.54 Å². The maximum atomic E-state index is 8.76. The van der Waals surface area contributed by atoms with Crippen molar-refractivity contribution in [3.8, 4) is 11.8 Å². The Labute approximate surface area is 125 Å². The van der Waals surface area contributed by atoms with Crippen molar-refractivity contribution in [1.82, 2.24) is 5.32 Å². The van der Waals surface area contributed by atoms with E-state index in [9.17, 15) is 0 Å². The fourth-order valence-electron chi connectivity index (χ4n) is 1.44. The van der Waals surface area contributed by atoms with Crippen molar-refractivity contribution in [3.05, 3.63) is 26.6 Å². The lowest BCUT2D eigenvalue weighted by atomic mass is 10.2. The normalized spacial score (nSPS) is 11.9. The van der Waals surface area contributed by atoms with E-state index < -0.39 is 6.10 Å². The topological polar surface area (TPSA) is 45.0 Å². The quantitative estimate of drug-likeness (QED) is 0.764. The van der Waals surface area contributed by atoms with Crippen LogP contribution in [0.4, 0.5) is 0 Å². The van der Waals surface area contributed by atoms with Crippen molar-refractivity contribution in [1.29, 1.82) is 5.26 Å². The molecule has 0 saturated carbocycles. The summed E-state index contributed by atoms with van der Waals surface area (Å²) in [7, 11) is 0. The van der Waals surface area contributed by atoms with Crippen LogP contribution in [0.25, 0.3) is 0 Å². The number of nitriles is 1. The number of ether oxygens (including phenoxy) is 1. The summed E-state index contributed by atoms with van der Waals surface area (Å²) in [5.74, 6) is 0.670. The first-order valence-corrected chi connectivity index (χ1v) is 7.42. The van der Waals surface area contributed by atoms with Gasteiger partial charge in [0, 0.05) is 6.54 Å². The third-order valence-electron chi connectivity index (χ3n) is 2.29. The maximum Gasteiger partial charge on any atom is 0.181 e. The lowest BCUT2D eigenvalue weighted by molar-refractivity contribution is 0.273. The summed E-state index contributed by atoms with van der Waals surface area (Å²) in [5, 5.41) is 12.1. The lowest BCUT2D eigenvalue weighted by Crippen LogP contribution is -2.14. The van der Waals surface area contributed by atoms with E-state index in [0.29, 0.717) is 5.75 Å². The van der Waals surface area contributed by atoms with E-state index in [1.54, 1.807) is 6.92 Å². The van der Waals surface area contributed by atoms with Gasteiger partial charge in [0.2, 0.25) is 0 Å². The van der Waals surface area contributed by atoms with Crippen LogP contribution in [0.3, 0.4) is 0 Å². The van der Waals surface area contributed by atoms with Crippen molar-refractivity contribution >= 4 is 31.9 Å². The summed E-state index contributed by atoms with van der Waals surface area (Å²) < 4.78 is 7.24. The summed E-state index contributed by atoms with van der Waals surface area (Å²) in [6.45, 7) is 5.67. The number of hydrogen-bond donors (Lipinski definition) is 1. The monoisotopic (exact) mass is 374 g/mol. The van der Waals surface area contributed by atoms with Crippen molar-refractivity contribution in [2.24, 2.45) is 0 Å². The number of halogens is 2. The van der Waals surface area contributed by atoms with Crippen LogP contribution in [-0.2, 0) is 6.54 Å². The molecule has 0 amide bonds. The molecule has 0 fully saturated rings. The van der Waals surface area contributed by atoms with Crippen LogP contribution < -0.4 is 10.1 Å². The fraction of sp³-hybridized carbons (Fsp3) is 0.462. The maximum absolute atomic E-state index is 8.76. The highest BCUT2D eigenvalue weighted by molar-refractivity contribution is 9.11. The summed E-state index contributed by atoms with van der Waals surface area (Å²) in [4.78, 5) is 0. The van der Waals surface area contributed by atoms with Gasteiger partial charge in [-0.2, -0.15) is 5.26 Å². The van der Waals surface area contributed by atoms with Crippen LogP contribution in [-0.4, -0.2) is 12.6 Å². The number of benzene rings is 1. The molecule has 0 aliphatic carbocycles. The van der Waals surface area contributed by atoms with Gasteiger partial charge in [-0.15, -0.1) is 0 Å². The molecule has 18 heavy (non-hydrogen) atoms. The first-order chi connectivity index (χ1) is 8.58. The zero-order valence-corrected chi connectivity index (χ0v) is 13.6. The predicted molar refractivity (Wildman–Crippen MR) is 79.5 cm³/mol. The minimum atomic E-state index is -0.471. The molecular weight excluding hydrogens is 360 g/mol. The fourth-order valence-corrected chi connectivity index (χ4v) is 2.91. The van der Waals surface area contributed by atoms with Gasteiger partial charge in [0.05, 0.1) is 8.95 Å². The van der Waals surface area contributed by atoms with Crippen molar-refractivity contribution in [3.63, 3.8) is 0 Å². The van der Waals surface area contributed by atoms with Crippen LogP contribution in [0, 0.1) is 11.3 Å². The summed E-state index contributed by atoms with van der Waals surface area (Å²) in [6, 6.07) is 6.06. The average molecular weight is 376 g/mol. The highest BCUT2D eigenvalue weighted by atomic mass is 79.9. The Morgan fingerprint density at radius 3 is 2.50 bits per heavy atom. The van der Waals surface area contributed by atoms with Crippen LogP contribution in [0.15, 0.2) is 21.1 Å². The molecule has 98 valence electrons. The number of rotatable bonds is 6. The SMILES string of the molecule is CCCNCc1cc(Br)c(OC(C)C#N)c(Br)c1. The molecule has 0 aliphatic heterocycles. The van der Waals surface area contributed by atoms with E-state index in [-0.39, 0.29) is 0 Å². The van der Waals surface area contributed by atoms with E-state index in [1.807, 2.05) is 18.2 Å². The van der Waals surface area contributed by atoms with Gasteiger partial charge in [-0.05, 0) is 69.4 Å². The van der Waals surface area contributed by atoms with Gasteiger partial charge in [0.25, 0.3) is 0 Å². The number of nitrogens with one attached hydrogen (secondary N) is 1. The molecule has 0 aromatic heterocycles. The third-order valence-corrected chi connectivity index (χ3v) is 3.47. The molecule has 1 unspecified atom stereocenters. The van der Waals surface area contributed by atoms with Gasteiger partial charge in [0.1, 0.15) is 11.8 Å². The molecule has 1 rings (SSSR count). The molecular formula is C13H16Br2N2O. The van der Waals surface area contributed by atoms with E-state index in [2.05, 4.69) is 44.1 Å². The molecule has 1 aromatic carbocycles. The van der Waals surface area contributed by atoms with E-state index in [1.165, 1.54) is 5.56 Å². The highest BCUT2D eigenvalue weighted by Gasteiger charge is 2.11. The van der Waals surface area contributed by atoms with E-state index in [4.69, 9.17) is 10.00 Å². The van der Waals surface area contributed by atoms with Crippen LogP contribution in [0.1, 0.15) is 25.8 Å². The van der Waals surface area contributed by atoms with Gasteiger partial charge in [-0.25, -0.2) is 0 Å². The second-order valence-corrected chi connectivity index (χ2v) is 5.66.